The van der Waals surface area contributed by atoms with Crippen molar-refractivity contribution in [3.05, 3.63) is 23.3 Å². The summed E-state index contributed by atoms with van der Waals surface area (Å²) in [5.41, 5.74) is 3.93. The Morgan fingerprint density at radius 2 is 1.92 bits per heavy atom. The van der Waals surface area contributed by atoms with Gasteiger partial charge < -0.3 is 0 Å². The Labute approximate surface area is 77.4 Å². The zero-order valence-electron chi connectivity index (χ0n) is 8.94. The van der Waals surface area contributed by atoms with Crippen molar-refractivity contribution in [2.45, 2.75) is 45.5 Å². The van der Waals surface area contributed by atoms with Gasteiger partial charge in [0.15, 0.2) is 0 Å². The topological polar surface area (TPSA) is 0 Å². The van der Waals surface area contributed by atoms with E-state index in [0.29, 0.717) is 0 Å². The maximum atomic E-state index is 2.49. The second-order valence-corrected chi connectivity index (χ2v) is 10.2. The molecule has 1 atom stereocenters. The van der Waals surface area contributed by atoms with E-state index >= 15 is 0 Å². The van der Waals surface area contributed by atoms with Crippen LogP contribution in [0.3, 0.4) is 0 Å². The van der Waals surface area contributed by atoms with E-state index in [1.807, 2.05) is 0 Å². The molecule has 0 N–H and O–H groups in total. The van der Waals surface area contributed by atoms with Crippen molar-refractivity contribution >= 4 is 8.07 Å². The minimum absolute atomic E-state index is 0.799. The van der Waals surface area contributed by atoms with Gasteiger partial charge in [0.2, 0.25) is 0 Å². The summed E-state index contributed by atoms with van der Waals surface area (Å²) in [5.74, 6) is 0. The first-order valence-corrected chi connectivity index (χ1v) is 8.41. The van der Waals surface area contributed by atoms with Gasteiger partial charge in [0.05, 0.1) is 8.07 Å². The summed E-state index contributed by atoms with van der Waals surface area (Å²) in [6.07, 6.45) is 6.06. The minimum Gasteiger partial charge on any atom is -0.0769 e. The summed E-state index contributed by atoms with van der Waals surface area (Å²) in [6.45, 7) is 11.9. The van der Waals surface area contributed by atoms with E-state index in [9.17, 15) is 0 Å². The molecule has 0 aliphatic heterocycles. The first kappa shape index (κ1) is 9.78. The third-order valence-corrected chi connectivity index (χ3v) is 5.11. The second-order valence-electron chi connectivity index (χ2n) is 4.83. The standard InChI is InChI=1S/C11H20Si/c1-6-10-7-9(2)11(8-10)12(3,4)5/h7-8,11H,6H2,1-5H3. The van der Waals surface area contributed by atoms with E-state index in [1.165, 1.54) is 6.42 Å². The normalized spacial score (nSPS) is 23.9. The molecule has 1 rings (SSSR count). The molecule has 1 aliphatic carbocycles. The summed E-state index contributed by atoms with van der Waals surface area (Å²) >= 11 is 0. The largest absolute Gasteiger partial charge is 0.0769 e. The smallest absolute Gasteiger partial charge is 0.0561 e. The highest BCUT2D eigenvalue weighted by Crippen LogP contribution is 2.37. The number of hydrogen-bond acceptors (Lipinski definition) is 0. The van der Waals surface area contributed by atoms with Crippen LogP contribution in [0, 0.1) is 0 Å². The van der Waals surface area contributed by atoms with Gasteiger partial charge in [-0.1, -0.05) is 49.9 Å². The molecule has 0 heterocycles. The van der Waals surface area contributed by atoms with Crippen molar-refractivity contribution < 1.29 is 0 Å². The predicted octanol–water partition coefficient (Wildman–Crippen LogP) is 3.99. The molecule has 1 heteroatoms. The fourth-order valence-corrected chi connectivity index (χ4v) is 4.09. The number of hydrogen-bond donors (Lipinski definition) is 0. The van der Waals surface area contributed by atoms with E-state index in [-0.39, 0.29) is 0 Å². The number of allylic oxidation sites excluding steroid dienone is 4. The lowest BCUT2D eigenvalue weighted by Crippen LogP contribution is -2.26. The van der Waals surface area contributed by atoms with Gasteiger partial charge in [-0.05, 0) is 18.9 Å². The molecule has 0 aromatic rings. The molecule has 0 aromatic heterocycles. The van der Waals surface area contributed by atoms with E-state index in [1.54, 1.807) is 11.1 Å². The highest BCUT2D eigenvalue weighted by atomic mass is 28.3. The first-order valence-electron chi connectivity index (χ1n) is 4.84. The van der Waals surface area contributed by atoms with Crippen LogP contribution >= 0.6 is 0 Å². The van der Waals surface area contributed by atoms with Crippen LogP contribution < -0.4 is 0 Å². The molecule has 1 aliphatic rings. The van der Waals surface area contributed by atoms with Crippen LogP contribution in [0.4, 0.5) is 0 Å². The highest BCUT2D eigenvalue weighted by molar-refractivity contribution is 6.78. The lowest BCUT2D eigenvalue weighted by Gasteiger charge is -2.24. The van der Waals surface area contributed by atoms with Crippen LogP contribution in [0.2, 0.25) is 25.2 Å². The minimum atomic E-state index is -0.990. The van der Waals surface area contributed by atoms with Gasteiger partial charge in [-0.15, -0.1) is 0 Å². The molecule has 12 heavy (non-hydrogen) atoms. The second kappa shape index (κ2) is 3.21. The van der Waals surface area contributed by atoms with Crippen LogP contribution in [0.5, 0.6) is 0 Å². The van der Waals surface area contributed by atoms with Crippen molar-refractivity contribution in [2.75, 3.05) is 0 Å². The summed E-state index contributed by atoms with van der Waals surface area (Å²) in [7, 11) is -0.990. The van der Waals surface area contributed by atoms with Crippen molar-refractivity contribution in [1.82, 2.24) is 0 Å². The molecule has 1 unspecified atom stereocenters. The molecule has 0 aromatic carbocycles. The van der Waals surface area contributed by atoms with Crippen molar-refractivity contribution in [3.63, 3.8) is 0 Å². The van der Waals surface area contributed by atoms with Gasteiger partial charge in [-0.3, -0.25) is 0 Å². The first-order chi connectivity index (χ1) is 5.45. The van der Waals surface area contributed by atoms with Crippen LogP contribution in [0.1, 0.15) is 20.3 Å². The Morgan fingerprint density at radius 1 is 1.33 bits per heavy atom. The van der Waals surface area contributed by atoms with Crippen molar-refractivity contribution in [3.8, 4) is 0 Å². The lowest BCUT2D eigenvalue weighted by molar-refractivity contribution is 1.14. The third-order valence-electron chi connectivity index (χ3n) is 2.63. The van der Waals surface area contributed by atoms with Gasteiger partial charge in [0, 0.05) is 0 Å². The Hall–Kier alpha value is -0.303. The molecular formula is C11H20Si. The fraction of sp³-hybridized carbons (Fsp3) is 0.636. The van der Waals surface area contributed by atoms with E-state index in [0.717, 1.165) is 5.54 Å². The Balaban J connectivity index is 2.85. The highest BCUT2D eigenvalue weighted by Gasteiger charge is 2.28. The zero-order chi connectivity index (χ0) is 9.35. The number of rotatable bonds is 2. The van der Waals surface area contributed by atoms with Gasteiger partial charge in [-0.25, -0.2) is 0 Å². The molecule has 0 saturated carbocycles. The molecule has 0 saturated heterocycles. The average Bonchev–Trinajstić information content (AvgIpc) is 2.29. The van der Waals surface area contributed by atoms with Crippen molar-refractivity contribution in [1.29, 1.82) is 0 Å². The van der Waals surface area contributed by atoms with E-state index < -0.39 is 8.07 Å². The Morgan fingerprint density at radius 3 is 2.17 bits per heavy atom. The third kappa shape index (κ3) is 1.89. The van der Waals surface area contributed by atoms with Crippen LogP contribution in [0.25, 0.3) is 0 Å². The molecule has 0 spiro atoms. The Bertz CT molecular complexity index is 228. The van der Waals surface area contributed by atoms with Crippen molar-refractivity contribution in [2.24, 2.45) is 0 Å². The monoisotopic (exact) mass is 180 g/mol. The molecule has 0 nitrogen and oxygen atoms in total. The molecule has 0 radical (unpaired) electrons. The molecule has 0 fully saturated rings. The quantitative estimate of drug-likeness (QED) is 0.564. The van der Waals surface area contributed by atoms with Gasteiger partial charge in [-0.2, -0.15) is 0 Å². The van der Waals surface area contributed by atoms with E-state index in [4.69, 9.17) is 0 Å². The molecular weight excluding hydrogens is 160 g/mol. The van der Waals surface area contributed by atoms with Crippen LogP contribution in [-0.2, 0) is 0 Å². The molecule has 0 bridgehead atoms. The maximum Gasteiger partial charge on any atom is 0.0561 e. The maximum absolute atomic E-state index is 2.49. The predicted molar refractivity (Wildman–Crippen MR) is 59.2 cm³/mol. The van der Waals surface area contributed by atoms with Gasteiger partial charge in [0.1, 0.15) is 0 Å². The van der Waals surface area contributed by atoms with Crippen LogP contribution in [-0.4, -0.2) is 8.07 Å². The summed E-state index contributed by atoms with van der Waals surface area (Å²) < 4.78 is 0. The summed E-state index contributed by atoms with van der Waals surface area (Å²) in [6, 6.07) is 0. The Kier molecular flexibility index (Phi) is 2.62. The summed E-state index contributed by atoms with van der Waals surface area (Å²) in [4.78, 5) is 0. The fourth-order valence-electron chi connectivity index (χ4n) is 1.93. The van der Waals surface area contributed by atoms with Gasteiger partial charge in [0.25, 0.3) is 0 Å². The van der Waals surface area contributed by atoms with Gasteiger partial charge >= 0.3 is 0 Å². The molecule has 0 amide bonds. The van der Waals surface area contributed by atoms with E-state index in [2.05, 4.69) is 45.6 Å². The summed E-state index contributed by atoms with van der Waals surface area (Å²) in [5, 5.41) is 0. The average molecular weight is 180 g/mol. The van der Waals surface area contributed by atoms with Crippen LogP contribution in [0.15, 0.2) is 23.3 Å². The SMILES string of the molecule is CCC1=CC([Si](C)(C)C)C(C)=C1. The molecule has 68 valence electrons. The lowest BCUT2D eigenvalue weighted by atomic mass is 10.2. The zero-order valence-corrected chi connectivity index (χ0v) is 9.94.